The van der Waals surface area contributed by atoms with E-state index in [0.29, 0.717) is 5.92 Å². The van der Waals surface area contributed by atoms with E-state index in [2.05, 4.69) is 116 Å². The van der Waals surface area contributed by atoms with Crippen LogP contribution in [-0.4, -0.2) is 3.71 Å². The normalized spacial score (nSPS) is 16.3. The monoisotopic (exact) mass is 772 g/mol. The van der Waals surface area contributed by atoms with Crippen molar-refractivity contribution in [3.8, 4) is 11.1 Å². The molecular weight excluding hydrogens is 724 g/mol. The maximum Gasteiger partial charge on any atom is -1.00 e. The van der Waals surface area contributed by atoms with E-state index in [-0.39, 0.29) is 41.1 Å². The Hall–Kier alpha value is -1.74. The molecule has 0 heterocycles. The van der Waals surface area contributed by atoms with Gasteiger partial charge in [-0.05, 0) is 0 Å². The van der Waals surface area contributed by atoms with Crippen molar-refractivity contribution in [2.24, 2.45) is 11.3 Å². The molecule has 258 valence electrons. The molecule has 5 rings (SSSR count). The molecule has 1 atom stereocenters. The van der Waals surface area contributed by atoms with Crippen molar-refractivity contribution in [1.82, 2.24) is 0 Å². The molecule has 0 aromatic heterocycles. The van der Waals surface area contributed by atoms with E-state index < -0.39 is 33.0 Å². The third kappa shape index (κ3) is 8.08. The minimum absolute atomic E-state index is 0. The quantitative estimate of drug-likeness (QED) is 0.246. The van der Waals surface area contributed by atoms with Crippen molar-refractivity contribution in [2.45, 2.75) is 112 Å². The van der Waals surface area contributed by atoms with Crippen LogP contribution >= 0.6 is 0 Å². The fourth-order valence-corrected chi connectivity index (χ4v) is 15.3. The summed E-state index contributed by atoms with van der Waals surface area (Å²) >= 11 is -2.93. The summed E-state index contributed by atoms with van der Waals surface area (Å²) in [6, 6.07) is 17.9. The molecule has 0 saturated heterocycles. The van der Waals surface area contributed by atoms with E-state index in [9.17, 15) is 13.2 Å². The van der Waals surface area contributed by atoms with Gasteiger partial charge >= 0.3 is 285 Å². The summed E-state index contributed by atoms with van der Waals surface area (Å²) in [5.74, 6) is 0.356. The van der Waals surface area contributed by atoms with Crippen LogP contribution in [0, 0.1) is 11.3 Å². The predicted molar refractivity (Wildman–Crippen MR) is 187 cm³/mol. The van der Waals surface area contributed by atoms with Crippen LogP contribution in [0.4, 0.5) is 13.2 Å². The third-order valence-electron chi connectivity index (χ3n) is 9.87. The topological polar surface area (TPSA) is 0 Å². The van der Waals surface area contributed by atoms with Crippen LogP contribution in [0.3, 0.4) is 0 Å². The molecule has 2 aliphatic carbocycles. The molecule has 2 aliphatic rings. The minimum atomic E-state index is -4.35. The molecule has 3 aromatic carbocycles. The van der Waals surface area contributed by atoms with Gasteiger partial charge in [-0.2, -0.15) is 0 Å². The molecule has 0 saturated carbocycles. The molecule has 0 nitrogen and oxygen atoms in total. The first-order valence-electron chi connectivity index (χ1n) is 16.9. The summed E-state index contributed by atoms with van der Waals surface area (Å²) in [6.07, 6.45) is 1.09. The van der Waals surface area contributed by atoms with Crippen LogP contribution in [0.2, 0.25) is 0 Å². The Morgan fingerprint density at radius 2 is 1.27 bits per heavy atom. The molecule has 0 fully saturated rings. The molecule has 0 aliphatic heterocycles. The zero-order chi connectivity index (χ0) is 34.0. The summed E-state index contributed by atoms with van der Waals surface area (Å²) in [6.45, 7) is 25.2. The summed E-state index contributed by atoms with van der Waals surface area (Å²) in [5, 5.41) is 0. The second-order valence-corrected chi connectivity index (χ2v) is 21.8. The third-order valence-corrected chi connectivity index (χ3v) is 17.0. The van der Waals surface area contributed by atoms with Crippen molar-refractivity contribution in [1.29, 1.82) is 0 Å². The Morgan fingerprint density at radius 3 is 1.77 bits per heavy atom. The van der Waals surface area contributed by atoms with Gasteiger partial charge in [-0.1, -0.05) is 0 Å². The number of hydrogen-bond acceptors (Lipinski definition) is 0. The molecule has 0 spiro atoms. The van der Waals surface area contributed by atoms with Crippen LogP contribution in [0.1, 0.15) is 122 Å². The zero-order valence-electron chi connectivity index (χ0n) is 30.4. The molecule has 0 N–H and O–H groups in total. The van der Waals surface area contributed by atoms with E-state index in [1.165, 1.54) is 59.9 Å². The van der Waals surface area contributed by atoms with E-state index in [0.717, 1.165) is 24.8 Å². The van der Waals surface area contributed by atoms with Gasteiger partial charge in [-0.3, -0.25) is 0 Å². The van der Waals surface area contributed by atoms with E-state index in [1.807, 2.05) is 0 Å². The van der Waals surface area contributed by atoms with Gasteiger partial charge in [0, 0.05) is 0 Å². The summed E-state index contributed by atoms with van der Waals surface area (Å²) in [4.78, 5) is 0. The van der Waals surface area contributed by atoms with Gasteiger partial charge in [-0.15, -0.1) is 0 Å². The number of alkyl halides is 3. The summed E-state index contributed by atoms with van der Waals surface area (Å²) < 4.78 is 46.2. The van der Waals surface area contributed by atoms with Crippen LogP contribution in [0.5, 0.6) is 0 Å². The zero-order valence-corrected chi connectivity index (χ0v) is 34.4. The maximum atomic E-state index is 13.6. The molecule has 1 unspecified atom stereocenters. The largest absolute Gasteiger partial charge is 1.00 e. The molecular formula is C42H51Cl2F3Zr. The van der Waals surface area contributed by atoms with E-state index in [1.54, 1.807) is 15.4 Å². The average Bonchev–Trinajstić information content (AvgIpc) is 3.52. The first kappa shape index (κ1) is 40.7. The SMILES string of the molecule is CCC1=[C](/[Zr+2](=[CH]/c2ccc(C(F)(F)F)cc2)[c]2cc(C(C)(C)C)cc3c2Cc2ccc(C(C)(C)C)cc2-3)C(CC)C=C1C(C)(C)C.[Cl-].[Cl-]. The number of allylic oxidation sites excluding steroid dienone is 4. The first-order valence-corrected chi connectivity index (χ1v) is 20.8. The Balaban J connectivity index is 0.00000312. The Morgan fingerprint density at radius 1 is 0.708 bits per heavy atom. The van der Waals surface area contributed by atoms with E-state index in [4.69, 9.17) is 0 Å². The Bertz CT molecular complexity index is 1750. The number of halogens is 5. The van der Waals surface area contributed by atoms with Crippen molar-refractivity contribution in [3.63, 3.8) is 0 Å². The second kappa shape index (κ2) is 14.5. The average molecular weight is 775 g/mol. The minimum Gasteiger partial charge on any atom is -1.00 e. The van der Waals surface area contributed by atoms with Gasteiger partial charge < -0.3 is 24.8 Å². The molecule has 3 aromatic rings. The van der Waals surface area contributed by atoms with Gasteiger partial charge in [0.05, 0.1) is 0 Å². The van der Waals surface area contributed by atoms with Crippen molar-refractivity contribution in [2.75, 3.05) is 0 Å². The van der Waals surface area contributed by atoms with Gasteiger partial charge in [0.15, 0.2) is 0 Å². The number of benzene rings is 3. The number of fused-ring (bicyclic) bond motifs is 3. The Kier molecular flexibility index (Phi) is 12.3. The van der Waals surface area contributed by atoms with Crippen LogP contribution in [0.15, 0.2) is 75.1 Å². The van der Waals surface area contributed by atoms with Crippen LogP contribution < -0.4 is 28.1 Å². The molecule has 48 heavy (non-hydrogen) atoms. The van der Waals surface area contributed by atoms with Crippen molar-refractivity contribution in [3.05, 3.63) is 108 Å². The first-order chi connectivity index (χ1) is 21.2. The molecule has 6 heteroatoms. The van der Waals surface area contributed by atoms with Crippen molar-refractivity contribution < 1.29 is 59.3 Å². The van der Waals surface area contributed by atoms with Gasteiger partial charge in [0.25, 0.3) is 0 Å². The smallest absolute Gasteiger partial charge is 1.00 e. The Labute approximate surface area is 307 Å². The van der Waals surface area contributed by atoms with Gasteiger partial charge in [0.1, 0.15) is 0 Å². The second-order valence-electron chi connectivity index (χ2n) is 16.4. The number of hydrogen-bond donors (Lipinski definition) is 0. The van der Waals surface area contributed by atoms with Crippen LogP contribution in [-0.2, 0) is 44.7 Å². The number of rotatable bonds is 5. The fourth-order valence-electron chi connectivity index (χ4n) is 7.17. The van der Waals surface area contributed by atoms with E-state index >= 15 is 0 Å². The van der Waals surface area contributed by atoms with Crippen molar-refractivity contribution >= 4 is 6.98 Å². The predicted octanol–water partition coefficient (Wildman–Crippen LogP) is 5.65. The van der Waals surface area contributed by atoms with Crippen LogP contribution in [0.25, 0.3) is 11.1 Å². The molecule has 0 amide bonds. The molecule has 0 bridgehead atoms. The fraction of sp³-hybridized carbons (Fsp3) is 0.452. The summed E-state index contributed by atoms with van der Waals surface area (Å²) in [5.41, 5.74) is 11.5. The maximum absolute atomic E-state index is 13.6. The van der Waals surface area contributed by atoms with Gasteiger partial charge in [0.2, 0.25) is 0 Å². The standard InChI is InChI=1S/C21H25.C13H21.C8H5F3.2ClH.Zr/c1-20(2,3)16-9-7-14-11-15-8-10-17(21(4,5)6)13-19(15)18(14)12-16;1-6-10-8-11(7-2)12(9-10)13(3,4)5;1-6-2-4-7(5-3-6)8(9,10)11;;;/h7,9-10,12-13H,11H2,1-6H3;9-10H,6-7H2,1-5H3;1-5H;2*1H;/q;;;;;+2/p-2. The molecule has 0 radical (unpaired) electrons. The summed E-state index contributed by atoms with van der Waals surface area (Å²) in [7, 11) is 0. The van der Waals surface area contributed by atoms with Gasteiger partial charge in [-0.25, -0.2) is 0 Å².